The molecule has 136 valence electrons. The Morgan fingerprint density at radius 2 is 2.04 bits per heavy atom. The second kappa shape index (κ2) is 7.86. The zero-order chi connectivity index (χ0) is 18.7. The first kappa shape index (κ1) is 18.4. The number of hydrogen-bond donors (Lipinski definition) is 1. The molecule has 0 aliphatic carbocycles. The van der Waals surface area contributed by atoms with Crippen molar-refractivity contribution in [2.45, 2.75) is 38.8 Å². The molecule has 0 bridgehead atoms. The van der Waals surface area contributed by atoms with Crippen LogP contribution in [-0.4, -0.2) is 38.3 Å². The van der Waals surface area contributed by atoms with Gasteiger partial charge in [-0.15, -0.1) is 5.10 Å². The van der Waals surface area contributed by atoms with E-state index in [1.807, 2.05) is 26.2 Å². The summed E-state index contributed by atoms with van der Waals surface area (Å²) in [6, 6.07) is 8.34. The molecule has 0 aliphatic heterocycles. The van der Waals surface area contributed by atoms with Gasteiger partial charge in [-0.1, -0.05) is 41.6 Å². The number of carbonyl (C=O) groups is 1. The van der Waals surface area contributed by atoms with Crippen molar-refractivity contribution in [1.29, 1.82) is 0 Å². The molecule has 3 aromatic rings. The van der Waals surface area contributed by atoms with Crippen LogP contribution < -0.4 is 5.32 Å². The highest BCUT2D eigenvalue weighted by atomic mass is 32.2. The molecule has 26 heavy (non-hydrogen) atoms. The molecule has 0 aliphatic rings. The first-order chi connectivity index (χ1) is 12.5. The van der Waals surface area contributed by atoms with Gasteiger partial charge in [0, 0.05) is 23.5 Å². The number of carbonyl (C=O) groups excluding carboxylic acids is 1. The van der Waals surface area contributed by atoms with E-state index in [1.165, 1.54) is 22.9 Å². The number of rotatable bonds is 6. The van der Waals surface area contributed by atoms with Crippen LogP contribution in [-0.2, 0) is 17.6 Å². The Hall–Kier alpha value is -2.41. The highest BCUT2D eigenvalue weighted by Gasteiger charge is 2.15. The van der Waals surface area contributed by atoms with Gasteiger partial charge in [-0.2, -0.15) is 4.98 Å². The maximum atomic E-state index is 12.4. The summed E-state index contributed by atoms with van der Waals surface area (Å²) in [4.78, 5) is 21.2. The lowest BCUT2D eigenvalue weighted by Gasteiger charge is -2.11. The van der Waals surface area contributed by atoms with Crippen LogP contribution in [0.25, 0.3) is 5.78 Å². The standard InChI is InChI=1S/C19H23N5OS/c1-12-6-5-7-15(10-12)8-9-20-17(25)11-16-13(2)21-18-22-19(26-4)23-24(18)14(16)3/h5-7,10H,8-9,11H2,1-4H3,(H,20,25). The maximum absolute atomic E-state index is 12.4. The van der Waals surface area contributed by atoms with E-state index in [2.05, 4.69) is 45.5 Å². The molecule has 0 fully saturated rings. The summed E-state index contributed by atoms with van der Waals surface area (Å²) in [5, 5.41) is 8.11. The van der Waals surface area contributed by atoms with Crippen molar-refractivity contribution in [3.05, 3.63) is 52.3 Å². The summed E-state index contributed by atoms with van der Waals surface area (Å²) in [5.74, 6) is 0.572. The van der Waals surface area contributed by atoms with E-state index >= 15 is 0 Å². The number of nitrogens with one attached hydrogen (secondary N) is 1. The number of thioether (sulfide) groups is 1. The van der Waals surface area contributed by atoms with Gasteiger partial charge in [0.25, 0.3) is 5.78 Å². The Morgan fingerprint density at radius 1 is 1.23 bits per heavy atom. The molecule has 0 spiro atoms. The normalized spacial score (nSPS) is 11.1. The largest absolute Gasteiger partial charge is 0.355 e. The van der Waals surface area contributed by atoms with Crippen LogP contribution in [0.4, 0.5) is 0 Å². The maximum Gasteiger partial charge on any atom is 0.253 e. The predicted molar refractivity (Wildman–Crippen MR) is 104 cm³/mol. The van der Waals surface area contributed by atoms with Crippen molar-refractivity contribution in [3.8, 4) is 0 Å². The Balaban J connectivity index is 1.67. The van der Waals surface area contributed by atoms with Crippen molar-refractivity contribution in [2.75, 3.05) is 12.8 Å². The number of aromatic nitrogens is 4. The first-order valence-electron chi connectivity index (χ1n) is 8.57. The molecule has 0 radical (unpaired) electrons. The summed E-state index contributed by atoms with van der Waals surface area (Å²) in [6.07, 6.45) is 3.05. The van der Waals surface area contributed by atoms with Gasteiger partial charge in [-0.3, -0.25) is 4.79 Å². The molecule has 1 N–H and O–H groups in total. The molecule has 1 aromatic carbocycles. The van der Waals surface area contributed by atoms with Crippen molar-refractivity contribution < 1.29 is 4.79 Å². The van der Waals surface area contributed by atoms with Gasteiger partial charge < -0.3 is 5.32 Å². The summed E-state index contributed by atoms with van der Waals surface area (Å²) in [6.45, 7) is 6.56. The average molecular weight is 369 g/mol. The summed E-state index contributed by atoms with van der Waals surface area (Å²) < 4.78 is 1.72. The Morgan fingerprint density at radius 3 is 2.77 bits per heavy atom. The minimum Gasteiger partial charge on any atom is -0.355 e. The van der Waals surface area contributed by atoms with Gasteiger partial charge in [0.1, 0.15) is 0 Å². The SMILES string of the molecule is CSc1nc2nc(C)c(CC(=O)NCCc3cccc(C)c3)c(C)n2n1. The molecular formula is C19H23N5OS. The fourth-order valence-corrected chi connectivity index (χ4v) is 3.31. The zero-order valence-electron chi connectivity index (χ0n) is 15.5. The van der Waals surface area contributed by atoms with Gasteiger partial charge >= 0.3 is 0 Å². The number of amides is 1. The summed E-state index contributed by atoms with van der Waals surface area (Å²) in [5.41, 5.74) is 5.10. The van der Waals surface area contributed by atoms with Gasteiger partial charge in [0.2, 0.25) is 11.1 Å². The fraction of sp³-hybridized carbons (Fsp3) is 0.368. The first-order valence-corrected chi connectivity index (χ1v) is 9.79. The fourth-order valence-electron chi connectivity index (χ4n) is 2.97. The second-order valence-electron chi connectivity index (χ2n) is 6.34. The van der Waals surface area contributed by atoms with E-state index in [9.17, 15) is 4.79 Å². The monoisotopic (exact) mass is 369 g/mol. The minimum absolute atomic E-state index is 0.00444. The molecule has 6 nitrogen and oxygen atoms in total. The zero-order valence-corrected chi connectivity index (χ0v) is 16.4. The van der Waals surface area contributed by atoms with Crippen LogP contribution in [0.3, 0.4) is 0 Å². The van der Waals surface area contributed by atoms with E-state index in [0.717, 1.165) is 23.4 Å². The van der Waals surface area contributed by atoms with E-state index in [4.69, 9.17) is 0 Å². The highest BCUT2D eigenvalue weighted by Crippen LogP contribution is 2.17. The molecule has 0 saturated carbocycles. The third-order valence-electron chi connectivity index (χ3n) is 4.37. The molecule has 2 heterocycles. The van der Waals surface area contributed by atoms with Crippen LogP contribution in [0.15, 0.2) is 29.4 Å². The molecule has 7 heteroatoms. The lowest BCUT2D eigenvalue weighted by atomic mass is 10.1. The van der Waals surface area contributed by atoms with Gasteiger partial charge in [0.05, 0.1) is 6.42 Å². The second-order valence-corrected chi connectivity index (χ2v) is 7.11. The quantitative estimate of drug-likeness (QED) is 0.677. The smallest absolute Gasteiger partial charge is 0.253 e. The third kappa shape index (κ3) is 4.04. The molecule has 0 atom stereocenters. The number of hydrogen-bond acceptors (Lipinski definition) is 5. The van der Waals surface area contributed by atoms with Gasteiger partial charge in [-0.05, 0) is 39.0 Å². The molecule has 3 rings (SSSR count). The molecule has 0 saturated heterocycles. The minimum atomic E-state index is -0.00444. The number of benzene rings is 1. The molecule has 1 amide bonds. The third-order valence-corrected chi connectivity index (χ3v) is 4.91. The summed E-state index contributed by atoms with van der Waals surface area (Å²) in [7, 11) is 0. The number of aryl methyl sites for hydroxylation is 3. The van der Waals surface area contributed by atoms with Crippen LogP contribution in [0.5, 0.6) is 0 Å². The van der Waals surface area contributed by atoms with Crippen LogP contribution in [0.2, 0.25) is 0 Å². The highest BCUT2D eigenvalue weighted by molar-refractivity contribution is 7.98. The predicted octanol–water partition coefficient (Wildman–Crippen LogP) is 2.67. The van der Waals surface area contributed by atoms with Gasteiger partial charge in [0.15, 0.2) is 0 Å². The Bertz CT molecular complexity index is 950. The van der Waals surface area contributed by atoms with Crippen LogP contribution >= 0.6 is 11.8 Å². The van der Waals surface area contributed by atoms with E-state index in [1.54, 1.807) is 4.52 Å². The van der Waals surface area contributed by atoms with E-state index < -0.39 is 0 Å². The van der Waals surface area contributed by atoms with Crippen molar-refractivity contribution in [2.24, 2.45) is 0 Å². The average Bonchev–Trinajstić information content (AvgIpc) is 3.02. The van der Waals surface area contributed by atoms with Crippen molar-refractivity contribution in [3.63, 3.8) is 0 Å². The molecular weight excluding hydrogens is 346 g/mol. The number of fused-ring (bicyclic) bond motifs is 1. The van der Waals surface area contributed by atoms with E-state index in [0.29, 0.717) is 23.9 Å². The topological polar surface area (TPSA) is 72.2 Å². The molecule has 0 unspecified atom stereocenters. The van der Waals surface area contributed by atoms with Crippen LogP contribution in [0.1, 0.15) is 28.1 Å². The number of nitrogens with zero attached hydrogens (tertiary/aromatic N) is 4. The summed E-state index contributed by atoms with van der Waals surface area (Å²) >= 11 is 1.48. The lowest BCUT2D eigenvalue weighted by molar-refractivity contribution is -0.120. The Kier molecular flexibility index (Phi) is 5.56. The Labute approximate surface area is 157 Å². The molecule has 2 aromatic heterocycles. The van der Waals surface area contributed by atoms with E-state index in [-0.39, 0.29) is 5.91 Å². The lowest BCUT2D eigenvalue weighted by Crippen LogP contribution is -2.28. The van der Waals surface area contributed by atoms with Crippen molar-refractivity contribution in [1.82, 2.24) is 24.9 Å². The van der Waals surface area contributed by atoms with Gasteiger partial charge in [-0.25, -0.2) is 9.50 Å². The van der Waals surface area contributed by atoms with Crippen LogP contribution in [0, 0.1) is 20.8 Å². The van der Waals surface area contributed by atoms with Crippen molar-refractivity contribution >= 4 is 23.4 Å².